The smallest absolute Gasteiger partial charge is 0.253 e. The number of likely N-dealkylation sites (N-methyl/N-ethyl adjacent to an activating group) is 1. The van der Waals surface area contributed by atoms with Crippen molar-refractivity contribution in [3.05, 3.63) is 70.8 Å². The largest absolute Gasteiger partial charge is 0.387 e. The summed E-state index contributed by atoms with van der Waals surface area (Å²) < 4.78 is 0. The fourth-order valence-corrected chi connectivity index (χ4v) is 5.09. The number of nitrogens with one attached hydrogen (secondary N) is 2. The highest BCUT2D eigenvalue weighted by Gasteiger charge is 2.39. The summed E-state index contributed by atoms with van der Waals surface area (Å²) in [4.78, 5) is 43.1. The molecule has 3 unspecified atom stereocenters. The topological polar surface area (TPSA) is 199 Å². The van der Waals surface area contributed by atoms with Crippen molar-refractivity contribution in [1.82, 2.24) is 20.0 Å². The van der Waals surface area contributed by atoms with Gasteiger partial charge in [-0.3, -0.25) is 31.5 Å². The predicted molar refractivity (Wildman–Crippen MR) is 183 cm³/mol. The zero-order valence-electron chi connectivity index (χ0n) is 28.6. The van der Waals surface area contributed by atoms with Crippen LogP contribution in [0.15, 0.2) is 59.7 Å². The van der Waals surface area contributed by atoms with Crippen molar-refractivity contribution in [2.45, 2.75) is 52.0 Å². The number of hydrogen-bond acceptors (Lipinski definition) is 8. The van der Waals surface area contributed by atoms with Gasteiger partial charge < -0.3 is 25.8 Å². The van der Waals surface area contributed by atoms with Crippen molar-refractivity contribution in [3.63, 3.8) is 0 Å². The van der Waals surface area contributed by atoms with Gasteiger partial charge in [0.1, 0.15) is 11.9 Å². The van der Waals surface area contributed by atoms with Crippen LogP contribution in [-0.2, 0) is 15.0 Å². The molecule has 12 nitrogen and oxygen atoms in total. The van der Waals surface area contributed by atoms with Gasteiger partial charge in [0.05, 0.1) is 18.0 Å². The summed E-state index contributed by atoms with van der Waals surface area (Å²) in [6, 6.07) is 8.72. The van der Waals surface area contributed by atoms with Gasteiger partial charge in [0.25, 0.3) is 11.8 Å². The number of carbonyl (C=O) groups excluding carboxylic acids is 3. The van der Waals surface area contributed by atoms with Crippen LogP contribution < -0.4 is 22.7 Å². The number of amides is 3. The van der Waals surface area contributed by atoms with Crippen LogP contribution in [0.4, 0.5) is 0 Å². The molecule has 0 spiro atoms. The Kier molecular flexibility index (Phi) is 16.1. The number of hydrazine groups is 1. The molecule has 46 heavy (non-hydrogen) atoms. The van der Waals surface area contributed by atoms with E-state index in [9.17, 15) is 19.6 Å². The van der Waals surface area contributed by atoms with Gasteiger partial charge in [-0.05, 0) is 67.5 Å². The number of carbonyl (C=O) groups is 3. The summed E-state index contributed by atoms with van der Waals surface area (Å²) in [5, 5.41) is 21.6. The number of benzene rings is 1. The van der Waals surface area contributed by atoms with Crippen molar-refractivity contribution >= 4 is 23.6 Å². The van der Waals surface area contributed by atoms with E-state index in [0.717, 1.165) is 11.1 Å². The van der Waals surface area contributed by atoms with Crippen molar-refractivity contribution in [1.29, 1.82) is 10.7 Å². The van der Waals surface area contributed by atoms with Crippen LogP contribution in [0.2, 0.25) is 0 Å². The quantitative estimate of drug-likeness (QED) is 0.0674. The highest BCUT2D eigenvalue weighted by atomic mass is 16.2. The van der Waals surface area contributed by atoms with E-state index in [4.69, 9.17) is 11.1 Å². The minimum absolute atomic E-state index is 0.0292. The molecule has 12 heteroatoms. The average molecular weight is 636 g/mol. The van der Waals surface area contributed by atoms with E-state index < -0.39 is 11.5 Å². The summed E-state index contributed by atoms with van der Waals surface area (Å²) in [6.07, 6.45) is 8.05. The van der Waals surface area contributed by atoms with E-state index in [1.165, 1.54) is 9.80 Å². The fraction of sp³-hybridized carbons (Fsp3) is 0.500. The Balaban J connectivity index is 0.00000518. The summed E-state index contributed by atoms with van der Waals surface area (Å²) in [7, 11) is 6.76. The van der Waals surface area contributed by atoms with E-state index in [1.807, 2.05) is 24.3 Å². The Morgan fingerprint density at radius 2 is 1.59 bits per heavy atom. The summed E-state index contributed by atoms with van der Waals surface area (Å²) in [5.74, 6) is 8.07. The Bertz CT molecular complexity index is 1340. The Morgan fingerprint density at radius 3 is 2.09 bits per heavy atom. The molecule has 0 aliphatic heterocycles. The van der Waals surface area contributed by atoms with Crippen LogP contribution in [0, 0.1) is 28.6 Å². The van der Waals surface area contributed by atoms with Crippen molar-refractivity contribution in [2.24, 2.45) is 29.3 Å². The first-order valence-corrected chi connectivity index (χ1v) is 15.4. The van der Waals surface area contributed by atoms with Gasteiger partial charge in [-0.1, -0.05) is 51.1 Å². The highest BCUT2D eigenvalue weighted by Crippen LogP contribution is 2.39. The standard InChI is InChI=1S/C34H49N7O3.H4N2/c1-23(2)24(3)22-41(25(4)20-35)30(42)21-38-19-18-34(33(36)37,29-16-13-27(14-17-29)32(44)40(7)8)28-11-9-10-26(12-15-28)31(43)39(5)6;1-2/h9-10,12-17,23-25,38H,11,18-19,21-22H2,1-8H3,(H3,36,37);1-2H2. The first-order chi connectivity index (χ1) is 21.7. The molecule has 0 aromatic heterocycles. The third kappa shape index (κ3) is 10.1. The average Bonchev–Trinajstić information content (AvgIpc) is 3.29. The molecule has 0 radical (unpaired) electrons. The lowest BCUT2D eigenvalue weighted by molar-refractivity contribution is -0.132. The minimum atomic E-state index is -1.07. The second-order valence-corrected chi connectivity index (χ2v) is 12.2. The predicted octanol–water partition coefficient (Wildman–Crippen LogP) is 2.29. The van der Waals surface area contributed by atoms with Gasteiger partial charge in [-0.2, -0.15) is 5.26 Å². The molecule has 0 saturated carbocycles. The molecule has 3 atom stereocenters. The number of hydrogen-bond donors (Lipinski definition) is 5. The van der Waals surface area contributed by atoms with Crippen LogP contribution in [0.25, 0.3) is 0 Å². The maximum atomic E-state index is 13.2. The molecule has 1 aliphatic rings. The zero-order valence-corrected chi connectivity index (χ0v) is 28.6. The van der Waals surface area contributed by atoms with Crippen LogP contribution in [0.1, 0.15) is 56.5 Å². The van der Waals surface area contributed by atoms with E-state index in [1.54, 1.807) is 64.3 Å². The van der Waals surface area contributed by atoms with Gasteiger partial charge in [-0.25, -0.2) is 0 Å². The second-order valence-electron chi connectivity index (χ2n) is 12.2. The van der Waals surface area contributed by atoms with Gasteiger partial charge in [0, 0.05) is 45.9 Å². The molecule has 0 fully saturated rings. The Labute approximate surface area is 274 Å². The molecule has 0 saturated heterocycles. The molecule has 252 valence electrons. The van der Waals surface area contributed by atoms with Crippen molar-refractivity contribution < 1.29 is 14.4 Å². The van der Waals surface area contributed by atoms with Crippen molar-refractivity contribution in [3.8, 4) is 6.07 Å². The van der Waals surface area contributed by atoms with Gasteiger partial charge in [-0.15, -0.1) is 0 Å². The third-order valence-electron chi connectivity index (χ3n) is 8.34. The van der Waals surface area contributed by atoms with Gasteiger partial charge in [0.15, 0.2) is 0 Å². The molecule has 3 amide bonds. The lowest BCUT2D eigenvalue weighted by Gasteiger charge is -2.36. The van der Waals surface area contributed by atoms with E-state index in [-0.39, 0.29) is 36.0 Å². The fourth-order valence-electron chi connectivity index (χ4n) is 5.09. The zero-order chi connectivity index (χ0) is 35.2. The third-order valence-corrected chi connectivity index (χ3v) is 8.34. The van der Waals surface area contributed by atoms with Crippen LogP contribution in [0.5, 0.6) is 0 Å². The molecule has 0 bridgehead atoms. The Morgan fingerprint density at radius 1 is 1.00 bits per heavy atom. The molecule has 1 aliphatic carbocycles. The molecular formula is C34H53N9O3. The molecule has 0 heterocycles. The second kappa shape index (κ2) is 18.6. The number of nitrogens with zero attached hydrogens (tertiary/aromatic N) is 4. The number of rotatable bonds is 14. The normalized spacial score (nSPS) is 15.0. The molecular weight excluding hydrogens is 582 g/mol. The van der Waals surface area contributed by atoms with E-state index in [0.29, 0.717) is 43.0 Å². The summed E-state index contributed by atoms with van der Waals surface area (Å²) >= 11 is 0. The lowest BCUT2D eigenvalue weighted by atomic mass is 9.69. The summed E-state index contributed by atoms with van der Waals surface area (Å²) in [5.41, 5.74) is 7.91. The van der Waals surface area contributed by atoms with Crippen LogP contribution >= 0.6 is 0 Å². The highest BCUT2D eigenvalue weighted by molar-refractivity contribution is 5.97. The van der Waals surface area contributed by atoms with Crippen LogP contribution in [-0.4, -0.2) is 92.1 Å². The Hall–Kier alpha value is -4.31. The minimum Gasteiger partial charge on any atom is -0.387 e. The van der Waals surface area contributed by atoms with Gasteiger partial charge in [0.2, 0.25) is 5.91 Å². The number of nitriles is 1. The monoisotopic (exact) mass is 635 g/mol. The van der Waals surface area contributed by atoms with E-state index in [2.05, 4.69) is 43.8 Å². The molecule has 1 aromatic carbocycles. The van der Waals surface area contributed by atoms with Gasteiger partial charge >= 0.3 is 0 Å². The first kappa shape index (κ1) is 39.7. The van der Waals surface area contributed by atoms with E-state index >= 15 is 0 Å². The van der Waals surface area contributed by atoms with Crippen LogP contribution in [0.3, 0.4) is 0 Å². The van der Waals surface area contributed by atoms with Crippen molar-refractivity contribution in [2.75, 3.05) is 47.8 Å². The molecule has 1 aromatic rings. The maximum absolute atomic E-state index is 13.2. The molecule has 8 N–H and O–H groups in total. The lowest BCUT2D eigenvalue weighted by Crippen LogP contribution is -2.47. The number of amidine groups is 1. The number of allylic oxidation sites excluding steroid dienone is 3. The number of nitrogens with two attached hydrogens (primary N) is 3. The summed E-state index contributed by atoms with van der Waals surface area (Å²) in [6.45, 7) is 8.85. The SMILES string of the molecule is CC(C)C(C)CN(C(=O)CNCCC(C(=N)N)(C1=CC=C(C(=O)N(C)C)C=CC1)c1ccc(C(=O)N(C)C)cc1)C(C)C#N.NN. The maximum Gasteiger partial charge on any atom is 0.253 e. The molecule has 2 rings (SSSR count). The first-order valence-electron chi connectivity index (χ1n) is 15.4.